The van der Waals surface area contributed by atoms with Crippen molar-refractivity contribution in [3.63, 3.8) is 0 Å². The van der Waals surface area contributed by atoms with E-state index in [1.54, 1.807) is 30.5 Å². The van der Waals surface area contributed by atoms with E-state index >= 15 is 0 Å². The summed E-state index contributed by atoms with van der Waals surface area (Å²) < 4.78 is 10.5. The average Bonchev–Trinajstić information content (AvgIpc) is 3.32. The number of hydrogen-bond donors (Lipinski definition) is 3. The molecule has 0 spiro atoms. The van der Waals surface area contributed by atoms with Gasteiger partial charge < -0.3 is 25.1 Å². The van der Waals surface area contributed by atoms with Gasteiger partial charge in [-0.3, -0.25) is 0 Å². The first-order valence-electron chi connectivity index (χ1n) is 10.5. The van der Waals surface area contributed by atoms with Crippen LogP contribution in [-0.4, -0.2) is 23.2 Å². The number of carbonyl (C=O) groups is 2. The Balaban J connectivity index is 1.53. The maximum atomic E-state index is 12.4. The van der Waals surface area contributed by atoms with Gasteiger partial charge in [0.15, 0.2) is 12.2 Å². The van der Waals surface area contributed by atoms with E-state index < -0.39 is 18.2 Å². The number of nitrogens with one attached hydrogen (secondary N) is 3. The van der Waals surface area contributed by atoms with Crippen molar-refractivity contribution >= 4 is 23.5 Å². The third kappa shape index (κ3) is 6.83. The Bertz CT molecular complexity index is 1140. The van der Waals surface area contributed by atoms with Gasteiger partial charge in [-0.2, -0.15) is 5.26 Å². The van der Waals surface area contributed by atoms with Gasteiger partial charge in [0.2, 0.25) is 0 Å². The lowest BCUT2D eigenvalue weighted by Gasteiger charge is -2.14. The summed E-state index contributed by atoms with van der Waals surface area (Å²) in [6.45, 7) is 3.99. The average molecular weight is 447 g/mol. The Kier molecular flexibility index (Phi) is 8.02. The standard InChI is InChI=1S/C24H25N5O4/c1-3-20(9-10-25)33-24(31)27-13-17-5-4-6-18(12-17)28-23(30)29-19-7-8-21(16(2)11-19)22-14-26-15-32-22/h4-8,11-12,14-15,20H,3,9,13H2,1-2H3,(H,27,31)(H2,28,29,30). The summed E-state index contributed by atoms with van der Waals surface area (Å²) in [5, 5.41) is 17.0. The van der Waals surface area contributed by atoms with Crippen molar-refractivity contribution in [1.29, 1.82) is 5.26 Å². The van der Waals surface area contributed by atoms with Crippen molar-refractivity contribution in [3.8, 4) is 17.4 Å². The smallest absolute Gasteiger partial charge is 0.407 e. The largest absolute Gasteiger partial charge is 0.445 e. The number of amides is 3. The van der Waals surface area contributed by atoms with Gasteiger partial charge in [-0.1, -0.05) is 19.1 Å². The van der Waals surface area contributed by atoms with Gasteiger partial charge in [0, 0.05) is 23.5 Å². The molecule has 170 valence electrons. The molecule has 3 amide bonds. The Morgan fingerprint density at radius 2 is 1.97 bits per heavy atom. The van der Waals surface area contributed by atoms with Crippen LogP contribution in [-0.2, 0) is 11.3 Å². The molecule has 9 heteroatoms. The molecule has 1 aromatic heterocycles. The maximum absolute atomic E-state index is 12.4. The van der Waals surface area contributed by atoms with Crippen LogP contribution >= 0.6 is 0 Å². The number of oxazole rings is 1. The first-order valence-corrected chi connectivity index (χ1v) is 10.5. The lowest BCUT2D eigenvalue weighted by molar-refractivity contribution is 0.0971. The highest BCUT2D eigenvalue weighted by Gasteiger charge is 2.12. The number of rotatable bonds is 8. The van der Waals surface area contributed by atoms with Crippen LogP contribution in [0.3, 0.4) is 0 Å². The second-order valence-corrected chi connectivity index (χ2v) is 7.33. The molecule has 0 saturated carbocycles. The first kappa shape index (κ1) is 23.3. The van der Waals surface area contributed by atoms with Gasteiger partial charge in [0.25, 0.3) is 0 Å². The van der Waals surface area contributed by atoms with E-state index in [9.17, 15) is 9.59 Å². The molecule has 0 aliphatic heterocycles. The van der Waals surface area contributed by atoms with Gasteiger partial charge in [0.05, 0.1) is 18.7 Å². The molecule has 9 nitrogen and oxygen atoms in total. The van der Waals surface area contributed by atoms with Gasteiger partial charge in [0.1, 0.15) is 6.10 Å². The lowest BCUT2D eigenvalue weighted by atomic mass is 10.1. The Labute approximate surface area is 191 Å². The van der Waals surface area contributed by atoms with Crippen molar-refractivity contribution < 1.29 is 18.7 Å². The van der Waals surface area contributed by atoms with E-state index in [1.165, 1.54) is 6.39 Å². The van der Waals surface area contributed by atoms with Gasteiger partial charge in [-0.05, 0) is 54.8 Å². The van der Waals surface area contributed by atoms with E-state index in [1.807, 2.05) is 38.1 Å². The molecule has 0 saturated heterocycles. The topological polar surface area (TPSA) is 129 Å². The molecule has 0 fully saturated rings. The molecule has 1 atom stereocenters. The summed E-state index contributed by atoms with van der Waals surface area (Å²) in [6.07, 6.45) is 2.71. The first-order chi connectivity index (χ1) is 16.0. The van der Waals surface area contributed by atoms with E-state index in [0.717, 1.165) is 16.7 Å². The molecule has 3 rings (SSSR count). The fourth-order valence-corrected chi connectivity index (χ4v) is 3.16. The number of ether oxygens (including phenoxy) is 1. The number of anilines is 2. The summed E-state index contributed by atoms with van der Waals surface area (Å²) in [7, 11) is 0. The number of nitrogens with zero attached hydrogens (tertiary/aromatic N) is 2. The molecule has 0 aliphatic rings. The number of aromatic nitrogens is 1. The minimum absolute atomic E-state index is 0.154. The highest BCUT2D eigenvalue weighted by Crippen LogP contribution is 2.25. The third-order valence-electron chi connectivity index (χ3n) is 4.85. The predicted octanol–water partition coefficient (Wildman–Crippen LogP) is 5.21. The number of alkyl carbamates (subject to hydrolysis) is 1. The van der Waals surface area contributed by atoms with Crippen molar-refractivity contribution in [2.45, 2.75) is 39.3 Å². The summed E-state index contributed by atoms with van der Waals surface area (Å²) in [6, 6.07) is 14.2. The molecule has 33 heavy (non-hydrogen) atoms. The molecular weight excluding hydrogens is 422 g/mol. The molecule has 3 aromatic rings. The van der Waals surface area contributed by atoms with Gasteiger partial charge in [-0.25, -0.2) is 14.6 Å². The maximum Gasteiger partial charge on any atom is 0.407 e. The third-order valence-corrected chi connectivity index (χ3v) is 4.85. The number of urea groups is 1. The molecule has 0 bridgehead atoms. The van der Waals surface area contributed by atoms with E-state index in [-0.39, 0.29) is 13.0 Å². The minimum atomic E-state index is -0.586. The van der Waals surface area contributed by atoms with Crippen molar-refractivity contribution in [2.24, 2.45) is 0 Å². The summed E-state index contributed by atoms with van der Waals surface area (Å²) in [5.41, 5.74) is 3.83. The second kappa shape index (κ2) is 11.3. The van der Waals surface area contributed by atoms with Crippen LogP contribution in [0.25, 0.3) is 11.3 Å². The number of aryl methyl sites for hydroxylation is 1. The molecule has 1 unspecified atom stereocenters. The van der Waals surface area contributed by atoms with E-state index in [2.05, 4.69) is 20.9 Å². The van der Waals surface area contributed by atoms with Crippen molar-refractivity contribution in [3.05, 3.63) is 66.2 Å². The predicted molar refractivity (Wildman–Crippen MR) is 123 cm³/mol. The monoisotopic (exact) mass is 447 g/mol. The fraction of sp³-hybridized carbons (Fsp3) is 0.250. The van der Waals surface area contributed by atoms with Crippen LogP contribution in [0.2, 0.25) is 0 Å². The molecule has 2 aromatic carbocycles. The SMILES string of the molecule is CCC(CC#N)OC(=O)NCc1cccc(NC(=O)Nc2ccc(-c3cnco3)c(C)c2)c1. The Hall–Kier alpha value is -4.32. The summed E-state index contributed by atoms with van der Waals surface area (Å²) >= 11 is 0. The van der Waals surface area contributed by atoms with Crippen LogP contribution in [0.4, 0.5) is 21.0 Å². The fourth-order valence-electron chi connectivity index (χ4n) is 3.16. The molecule has 3 N–H and O–H groups in total. The second-order valence-electron chi connectivity index (χ2n) is 7.33. The normalized spacial score (nSPS) is 11.2. The number of carbonyl (C=O) groups excluding carboxylic acids is 2. The minimum Gasteiger partial charge on any atom is -0.445 e. The Morgan fingerprint density at radius 3 is 2.64 bits per heavy atom. The Morgan fingerprint density at radius 1 is 1.18 bits per heavy atom. The van der Waals surface area contributed by atoms with Crippen LogP contribution in [0, 0.1) is 18.3 Å². The van der Waals surface area contributed by atoms with Crippen LogP contribution in [0.1, 0.15) is 30.9 Å². The van der Waals surface area contributed by atoms with Crippen molar-refractivity contribution in [2.75, 3.05) is 10.6 Å². The molecule has 1 heterocycles. The summed E-state index contributed by atoms with van der Waals surface area (Å²) in [4.78, 5) is 28.3. The molecule has 0 aliphatic carbocycles. The van der Waals surface area contributed by atoms with Crippen LogP contribution in [0.5, 0.6) is 0 Å². The quantitative estimate of drug-likeness (QED) is 0.434. The number of benzene rings is 2. The number of hydrogen-bond acceptors (Lipinski definition) is 6. The molecular formula is C24H25N5O4. The molecule has 0 radical (unpaired) electrons. The van der Waals surface area contributed by atoms with E-state index in [0.29, 0.717) is 23.6 Å². The van der Waals surface area contributed by atoms with Gasteiger partial charge >= 0.3 is 12.1 Å². The van der Waals surface area contributed by atoms with Crippen molar-refractivity contribution in [1.82, 2.24) is 10.3 Å². The number of nitriles is 1. The van der Waals surface area contributed by atoms with Crippen LogP contribution in [0.15, 0.2) is 59.5 Å². The zero-order valence-electron chi connectivity index (χ0n) is 18.4. The zero-order chi connectivity index (χ0) is 23.6. The van der Waals surface area contributed by atoms with E-state index in [4.69, 9.17) is 14.4 Å². The highest BCUT2D eigenvalue weighted by molar-refractivity contribution is 6.00. The zero-order valence-corrected chi connectivity index (χ0v) is 18.4. The highest BCUT2D eigenvalue weighted by atomic mass is 16.6. The lowest BCUT2D eigenvalue weighted by Crippen LogP contribution is -2.28. The summed E-state index contributed by atoms with van der Waals surface area (Å²) in [5.74, 6) is 0.660. The van der Waals surface area contributed by atoms with Crippen LogP contribution < -0.4 is 16.0 Å². The van der Waals surface area contributed by atoms with Gasteiger partial charge in [-0.15, -0.1) is 0 Å².